The van der Waals surface area contributed by atoms with Crippen molar-refractivity contribution < 1.29 is 19.5 Å². The zero-order chi connectivity index (χ0) is 9.03. The maximum absolute atomic E-state index is 11.0. The van der Waals surface area contributed by atoms with Gasteiger partial charge in [-0.2, -0.15) is 0 Å². The minimum absolute atomic E-state index is 0.145. The molecule has 0 saturated carbocycles. The van der Waals surface area contributed by atoms with Crippen molar-refractivity contribution in [3.8, 4) is 0 Å². The van der Waals surface area contributed by atoms with Crippen LogP contribution in [0.2, 0.25) is 0 Å². The lowest BCUT2D eigenvalue weighted by atomic mass is 10.3. The fourth-order valence-corrected chi connectivity index (χ4v) is 1.49. The molecule has 1 aliphatic heterocycles. The molecule has 1 heterocycles. The van der Waals surface area contributed by atoms with Gasteiger partial charge in [0.05, 0.1) is 13.1 Å². The van der Waals surface area contributed by atoms with Crippen LogP contribution in [0.3, 0.4) is 0 Å². The van der Waals surface area contributed by atoms with Crippen LogP contribution < -0.4 is 0 Å². The first-order valence-electron chi connectivity index (χ1n) is 4.36. The summed E-state index contributed by atoms with van der Waals surface area (Å²) < 4.78 is 0.487. The maximum Gasteiger partial charge on any atom is 0.369 e. The van der Waals surface area contributed by atoms with Gasteiger partial charge in [-0.15, -0.1) is 0 Å². The second-order valence-corrected chi connectivity index (χ2v) is 3.30. The lowest BCUT2D eigenvalue weighted by Crippen LogP contribution is -2.31. The molecule has 1 aliphatic rings. The molecule has 4 heteroatoms. The van der Waals surface area contributed by atoms with E-state index in [2.05, 4.69) is 0 Å². The quantitative estimate of drug-likeness (QED) is 0.405. The molecule has 1 amide bonds. The highest BCUT2D eigenvalue weighted by Crippen LogP contribution is 2.24. The average Bonchev–Trinajstić information content (AvgIpc) is 2.71. The number of quaternary nitrogens is 1. The average molecular weight is 174 g/mol. The van der Waals surface area contributed by atoms with Crippen molar-refractivity contribution in [1.29, 1.82) is 0 Å². The van der Waals surface area contributed by atoms with Crippen molar-refractivity contribution in [2.24, 2.45) is 0 Å². The fraction of sp³-hybridized carbons (Fsp3) is 0.875. The van der Waals surface area contributed by atoms with Crippen LogP contribution in [0.1, 0.15) is 12.8 Å². The zero-order valence-corrected chi connectivity index (χ0v) is 7.20. The third-order valence-electron chi connectivity index (χ3n) is 2.35. The molecule has 0 aromatic rings. The highest BCUT2D eigenvalue weighted by atomic mass is 16.3. The van der Waals surface area contributed by atoms with Crippen LogP contribution in [0, 0.1) is 0 Å². The Morgan fingerprint density at radius 1 is 1.17 bits per heavy atom. The van der Waals surface area contributed by atoms with Crippen LogP contribution in [0.15, 0.2) is 0 Å². The first-order chi connectivity index (χ1) is 5.75. The van der Waals surface area contributed by atoms with Crippen LogP contribution in [0.25, 0.3) is 0 Å². The largest absolute Gasteiger partial charge is 0.396 e. The molecule has 2 N–H and O–H groups in total. The SMILES string of the molecule is O=C1C[N+]1(CCCO)CCCO. The molecule has 0 bridgehead atoms. The van der Waals surface area contributed by atoms with E-state index in [1.165, 1.54) is 0 Å². The molecule has 0 aromatic heterocycles. The topological polar surface area (TPSA) is 57.5 Å². The monoisotopic (exact) mass is 174 g/mol. The summed E-state index contributed by atoms with van der Waals surface area (Å²) in [6.45, 7) is 2.35. The first kappa shape index (κ1) is 9.64. The van der Waals surface area contributed by atoms with Gasteiger partial charge in [-0.1, -0.05) is 0 Å². The number of carbonyl (C=O) groups excluding carboxylic acids is 1. The molecule has 0 radical (unpaired) electrons. The van der Waals surface area contributed by atoms with Crippen LogP contribution in [0.5, 0.6) is 0 Å². The highest BCUT2D eigenvalue weighted by Gasteiger charge is 2.53. The summed E-state index contributed by atoms with van der Waals surface area (Å²) in [6, 6.07) is 0. The molecule has 0 aromatic carbocycles. The van der Waals surface area contributed by atoms with Gasteiger partial charge in [0.1, 0.15) is 0 Å². The molecular formula is C8H16NO3+. The molecule has 1 fully saturated rings. The summed E-state index contributed by atoms with van der Waals surface area (Å²) in [5.74, 6) is 0.247. The van der Waals surface area contributed by atoms with Gasteiger partial charge in [-0.25, -0.2) is 9.28 Å². The fourth-order valence-electron chi connectivity index (χ4n) is 1.49. The van der Waals surface area contributed by atoms with Gasteiger partial charge in [0.2, 0.25) is 6.54 Å². The molecule has 0 aliphatic carbocycles. The second-order valence-electron chi connectivity index (χ2n) is 3.30. The Kier molecular flexibility index (Phi) is 3.20. The number of nitrogens with zero attached hydrogens (tertiary/aromatic N) is 1. The molecule has 12 heavy (non-hydrogen) atoms. The Morgan fingerprint density at radius 3 is 1.83 bits per heavy atom. The summed E-state index contributed by atoms with van der Waals surface area (Å²) in [5.41, 5.74) is 0. The predicted molar refractivity (Wildman–Crippen MR) is 43.3 cm³/mol. The van der Waals surface area contributed by atoms with Gasteiger partial charge in [-0.05, 0) is 0 Å². The first-order valence-corrected chi connectivity index (χ1v) is 4.36. The molecule has 0 atom stereocenters. The Balaban J connectivity index is 2.27. The molecular weight excluding hydrogens is 158 g/mol. The normalized spacial score (nSPS) is 19.7. The van der Waals surface area contributed by atoms with E-state index in [0.717, 1.165) is 13.1 Å². The summed E-state index contributed by atoms with van der Waals surface area (Å²) in [7, 11) is 0. The van der Waals surface area contributed by atoms with E-state index < -0.39 is 0 Å². The second kappa shape index (κ2) is 3.98. The lowest BCUT2D eigenvalue weighted by molar-refractivity contribution is -0.760. The maximum atomic E-state index is 11.0. The minimum Gasteiger partial charge on any atom is -0.396 e. The van der Waals surface area contributed by atoms with Crippen molar-refractivity contribution in [2.75, 3.05) is 32.8 Å². The van der Waals surface area contributed by atoms with E-state index in [9.17, 15) is 4.79 Å². The zero-order valence-electron chi connectivity index (χ0n) is 7.20. The molecule has 0 spiro atoms. The van der Waals surface area contributed by atoms with E-state index in [1.807, 2.05) is 0 Å². The predicted octanol–water partition coefficient (Wildman–Crippen LogP) is -0.892. The number of hydrogen-bond donors (Lipinski definition) is 2. The van der Waals surface area contributed by atoms with Gasteiger partial charge in [0, 0.05) is 26.1 Å². The summed E-state index contributed by atoms with van der Waals surface area (Å²) in [6.07, 6.45) is 1.36. The molecule has 0 unspecified atom stereocenters. The van der Waals surface area contributed by atoms with Crippen molar-refractivity contribution in [3.05, 3.63) is 0 Å². The van der Waals surface area contributed by atoms with Crippen LogP contribution in [-0.4, -0.2) is 53.5 Å². The van der Waals surface area contributed by atoms with Gasteiger partial charge < -0.3 is 10.2 Å². The van der Waals surface area contributed by atoms with Gasteiger partial charge in [-0.3, -0.25) is 0 Å². The highest BCUT2D eigenvalue weighted by molar-refractivity contribution is 5.81. The van der Waals surface area contributed by atoms with Gasteiger partial charge in [0.25, 0.3) is 0 Å². The van der Waals surface area contributed by atoms with Crippen LogP contribution >= 0.6 is 0 Å². The third kappa shape index (κ3) is 2.03. The Hall–Kier alpha value is -0.450. The van der Waals surface area contributed by atoms with Crippen molar-refractivity contribution >= 4 is 5.91 Å². The number of aliphatic hydroxyl groups excluding tert-OH is 2. The van der Waals surface area contributed by atoms with E-state index in [1.54, 1.807) is 0 Å². The van der Waals surface area contributed by atoms with Crippen molar-refractivity contribution in [2.45, 2.75) is 12.8 Å². The Labute approximate surface area is 72.0 Å². The molecule has 1 rings (SSSR count). The van der Waals surface area contributed by atoms with Crippen LogP contribution in [-0.2, 0) is 4.79 Å². The molecule has 70 valence electrons. The smallest absolute Gasteiger partial charge is 0.369 e. The van der Waals surface area contributed by atoms with Gasteiger partial charge in [0.15, 0.2) is 0 Å². The number of carbonyl (C=O) groups is 1. The van der Waals surface area contributed by atoms with Gasteiger partial charge >= 0.3 is 5.91 Å². The number of rotatable bonds is 6. The third-order valence-corrected chi connectivity index (χ3v) is 2.35. The summed E-state index contributed by atoms with van der Waals surface area (Å²) in [5, 5.41) is 17.2. The Morgan fingerprint density at radius 2 is 1.58 bits per heavy atom. The minimum atomic E-state index is 0.145. The van der Waals surface area contributed by atoms with E-state index >= 15 is 0 Å². The summed E-state index contributed by atoms with van der Waals surface area (Å²) in [4.78, 5) is 11.0. The van der Waals surface area contributed by atoms with E-state index in [-0.39, 0.29) is 19.1 Å². The number of aliphatic hydroxyl groups is 2. The standard InChI is InChI=1S/C8H16NO3/c10-5-1-3-9(4-2-6-11)7-8(9)12/h10-11H,1-7H2/q+1. The van der Waals surface area contributed by atoms with E-state index in [0.29, 0.717) is 23.9 Å². The molecule has 4 nitrogen and oxygen atoms in total. The Bertz CT molecular complexity index is 162. The number of hydrogen-bond acceptors (Lipinski definition) is 3. The molecule has 1 saturated heterocycles. The lowest BCUT2D eigenvalue weighted by Gasteiger charge is -2.13. The van der Waals surface area contributed by atoms with Crippen molar-refractivity contribution in [1.82, 2.24) is 0 Å². The van der Waals surface area contributed by atoms with Crippen molar-refractivity contribution in [3.63, 3.8) is 0 Å². The summed E-state index contributed by atoms with van der Waals surface area (Å²) >= 11 is 0. The van der Waals surface area contributed by atoms with Crippen LogP contribution in [0.4, 0.5) is 0 Å². The number of amides is 1. The van der Waals surface area contributed by atoms with E-state index in [4.69, 9.17) is 10.2 Å².